The van der Waals surface area contributed by atoms with E-state index in [-0.39, 0.29) is 0 Å². The standard InChI is InChI=1S/C10H14N2.C8H6N2/c1-2-4-10(5-3-1)12-8-6-11-7-9-12;1-2-4-8-7(3-1)5-9-6-10-8/h1-5,11H,6-9H2;1-6H. The lowest BCUT2D eigenvalue weighted by atomic mass is 10.2. The van der Waals surface area contributed by atoms with Crippen LogP contribution in [0, 0.1) is 0 Å². The molecule has 0 unspecified atom stereocenters. The number of nitrogens with one attached hydrogen (secondary N) is 1. The summed E-state index contributed by atoms with van der Waals surface area (Å²) in [6, 6.07) is 18.5. The van der Waals surface area contributed by atoms with Gasteiger partial charge >= 0.3 is 0 Å². The van der Waals surface area contributed by atoms with Crippen LogP contribution in [0.1, 0.15) is 0 Å². The number of hydrogen-bond donors (Lipinski definition) is 1. The molecule has 0 amide bonds. The average Bonchev–Trinajstić information content (AvgIpc) is 2.64. The quantitative estimate of drug-likeness (QED) is 0.749. The summed E-state index contributed by atoms with van der Waals surface area (Å²) >= 11 is 0. The number of benzene rings is 2. The molecule has 0 aliphatic carbocycles. The molecule has 1 N–H and O–H groups in total. The van der Waals surface area contributed by atoms with Crippen LogP contribution in [0.5, 0.6) is 0 Å². The smallest absolute Gasteiger partial charge is 0.116 e. The van der Waals surface area contributed by atoms with Crippen LogP contribution in [0.3, 0.4) is 0 Å². The summed E-state index contributed by atoms with van der Waals surface area (Å²) in [7, 11) is 0. The van der Waals surface area contributed by atoms with E-state index in [9.17, 15) is 0 Å². The van der Waals surface area contributed by atoms with E-state index in [1.807, 2.05) is 30.5 Å². The van der Waals surface area contributed by atoms with E-state index in [0.717, 1.165) is 37.1 Å². The molecule has 1 saturated heterocycles. The Hall–Kier alpha value is -2.46. The first kappa shape index (κ1) is 14.5. The van der Waals surface area contributed by atoms with Crippen molar-refractivity contribution in [2.75, 3.05) is 31.1 Å². The second-order valence-electron chi connectivity index (χ2n) is 5.15. The van der Waals surface area contributed by atoms with Gasteiger partial charge in [-0.1, -0.05) is 36.4 Å². The van der Waals surface area contributed by atoms with Gasteiger partial charge in [0.25, 0.3) is 0 Å². The molecule has 1 aromatic heterocycles. The lowest BCUT2D eigenvalue weighted by Gasteiger charge is -2.29. The van der Waals surface area contributed by atoms with Gasteiger partial charge in [-0.05, 0) is 18.2 Å². The van der Waals surface area contributed by atoms with Crippen LogP contribution in [-0.2, 0) is 0 Å². The minimum Gasteiger partial charge on any atom is -0.369 e. The molecule has 0 bridgehead atoms. The van der Waals surface area contributed by atoms with Gasteiger partial charge in [-0.3, -0.25) is 0 Å². The molecule has 0 saturated carbocycles. The minimum absolute atomic E-state index is 0.998. The molecule has 2 aromatic carbocycles. The van der Waals surface area contributed by atoms with Gasteiger partial charge in [-0.15, -0.1) is 0 Å². The van der Waals surface area contributed by atoms with Crippen molar-refractivity contribution in [3.05, 3.63) is 67.1 Å². The molecule has 3 aromatic rings. The van der Waals surface area contributed by atoms with Gasteiger partial charge in [0.2, 0.25) is 0 Å². The fourth-order valence-corrected chi connectivity index (χ4v) is 2.49. The summed E-state index contributed by atoms with van der Waals surface area (Å²) in [4.78, 5) is 10.4. The zero-order valence-corrected chi connectivity index (χ0v) is 12.5. The summed E-state index contributed by atoms with van der Waals surface area (Å²) in [5, 5.41) is 4.43. The third-order valence-electron chi connectivity index (χ3n) is 3.65. The molecule has 0 spiro atoms. The van der Waals surface area contributed by atoms with Gasteiger partial charge in [-0.2, -0.15) is 0 Å². The van der Waals surface area contributed by atoms with Gasteiger partial charge in [0, 0.05) is 43.4 Å². The predicted molar refractivity (Wildman–Crippen MR) is 91.1 cm³/mol. The first-order valence-corrected chi connectivity index (χ1v) is 7.59. The number of anilines is 1. The minimum atomic E-state index is 0.998. The summed E-state index contributed by atoms with van der Waals surface area (Å²) in [6.07, 6.45) is 3.37. The molecule has 4 rings (SSSR count). The van der Waals surface area contributed by atoms with Crippen molar-refractivity contribution in [1.82, 2.24) is 15.3 Å². The lowest BCUT2D eigenvalue weighted by Crippen LogP contribution is -2.43. The Morgan fingerprint density at radius 2 is 1.59 bits per heavy atom. The second-order valence-corrected chi connectivity index (χ2v) is 5.15. The third kappa shape index (κ3) is 3.80. The maximum absolute atomic E-state index is 4.07. The van der Waals surface area contributed by atoms with E-state index < -0.39 is 0 Å². The van der Waals surface area contributed by atoms with Crippen molar-refractivity contribution < 1.29 is 0 Å². The molecule has 2 heterocycles. The summed E-state index contributed by atoms with van der Waals surface area (Å²) in [5.74, 6) is 0. The fraction of sp³-hybridized carbons (Fsp3) is 0.222. The third-order valence-corrected chi connectivity index (χ3v) is 3.65. The Kier molecular flexibility index (Phi) is 4.95. The van der Waals surface area contributed by atoms with Crippen molar-refractivity contribution in [3.8, 4) is 0 Å². The van der Waals surface area contributed by atoms with Crippen LogP contribution >= 0.6 is 0 Å². The van der Waals surface area contributed by atoms with Crippen LogP contribution < -0.4 is 10.2 Å². The largest absolute Gasteiger partial charge is 0.369 e. The van der Waals surface area contributed by atoms with Crippen molar-refractivity contribution in [2.24, 2.45) is 0 Å². The highest BCUT2D eigenvalue weighted by Gasteiger charge is 2.08. The van der Waals surface area contributed by atoms with Crippen molar-refractivity contribution in [3.63, 3.8) is 0 Å². The summed E-state index contributed by atoms with van der Waals surface area (Å²) in [6.45, 7) is 4.47. The Labute approximate surface area is 130 Å². The maximum atomic E-state index is 4.07. The van der Waals surface area contributed by atoms with Crippen molar-refractivity contribution in [2.45, 2.75) is 0 Å². The Bertz CT molecular complexity index is 628. The summed E-state index contributed by atoms with van der Waals surface area (Å²) < 4.78 is 0. The van der Waals surface area contributed by atoms with Gasteiger partial charge in [0.05, 0.1) is 5.52 Å². The van der Waals surface area contributed by atoms with Crippen LogP contribution in [-0.4, -0.2) is 36.1 Å². The van der Waals surface area contributed by atoms with Crippen molar-refractivity contribution >= 4 is 16.6 Å². The van der Waals surface area contributed by atoms with E-state index in [1.165, 1.54) is 5.69 Å². The van der Waals surface area contributed by atoms with Crippen LogP contribution in [0.4, 0.5) is 5.69 Å². The van der Waals surface area contributed by atoms with Crippen LogP contribution in [0.25, 0.3) is 10.9 Å². The van der Waals surface area contributed by atoms with E-state index in [2.05, 4.69) is 50.5 Å². The Balaban J connectivity index is 0.000000133. The highest BCUT2D eigenvalue weighted by molar-refractivity contribution is 5.76. The second kappa shape index (κ2) is 7.52. The Morgan fingerprint density at radius 3 is 2.36 bits per heavy atom. The van der Waals surface area contributed by atoms with Gasteiger partial charge in [-0.25, -0.2) is 9.97 Å². The first-order valence-electron chi connectivity index (χ1n) is 7.59. The predicted octanol–water partition coefficient (Wildman–Crippen LogP) is 2.73. The van der Waals surface area contributed by atoms with Gasteiger partial charge in [0.1, 0.15) is 6.33 Å². The molecular weight excluding hydrogens is 272 g/mol. The number of piperazine rings is 1. The van der Waals surface area contributed by atoms with Gasteiger partial charge < -0.3 is 10.2 Å². The number of rotatable bonds is 1. The molecule has 1 aliphatic rings. The molecular formula is C18H20N4. The highest BCUT2D eigenvalue weighted by atomic mass is 15.2. The van der Waals surface area contributed by atoms with Crippen molar-refractivity contribution in [1.29, 1.82) is 0 Å². The SMILES string of the molecule is c1ccc(N2CCNCC2)cc1.c1ccc2ncncc2c1. The number of para-hydroxylation sites is 2. The highest BCUT2D eigenvalue weighted by Crippen LogP contribution is 2.12. The topological polar surface area (TPSA) is 41.0 Å². The van der Waals surface area contributed by atoms with E-state index in [0.29, 0.717) is 0 Å². The van der Waals surface area contributed by atoms with Gasteiger partial charge in [0.15, 0.2) is 0 Å². The zero-order valence-electron chi connectivity index (χ0n) is 12.5. The molecule has 22 heavy (non-hydrogen) atoms. The number of fused-ring (bicyclic) bond motifs is 1. The van der Waals surface area contributed by atoms with E-state index in [1.54, 1.807) is 6.33 Å². The molecule has 112 valence electrons. The monoisotopic (exact) mass is 292 g/mol. The zero-order chi connectivity index (χ0) is 15.0. The molecule has 0 atom stereocenters. The van der Waals surface area contributed by atoms with E-state index in [4.69, 9.17) is 0 Å². The molecule has 0 radical (unpaired) electrons. The lowest BCUT2D eigenvalue weighted by molar-refractivity contribution is 0.589. The van der Waals surface area contributed by atoms with Crippen LogP contribution in [0.15, 0.2) is 67.1 Å². The molecule has 1 fully saturated rings. The average molecular weight is 292 g/mol. The molecule has 4 heteroatoms. The first-order chi connectivity index (χ1) is 10.9. The fourth-order valence-electron chi connectivity index (χ4n) is 2.49. The van der Waals surface area contributed by atoms with E-state index >= 15 is 0 Å². The van der Waals surface area contributed by atoms with Crippen LogP contribution in [0.2, 0.25) is 0 Å². The molecule has 1 aliphatic heterocycles. The summed E-state index contributed by atoms with van der Waals surface area (Å²) in [5.41, 5.74) is 2.34. The number of hydrogen-bond acceptors (Lipinski definition) is 4. The maximum Gasteiger partial charge on any atom is 0.116 e. The Morgan fingerprint density at radius 1 is 0.864 bits per heavy atom. The normalized spacial score (nSPS) is 14.3. The number of nitrogens with zero attached hydrogens (tertiary/aromatic N) is 3. The molecule has 4 nitrogen and oxygen atoms in total. The number of aromatic nitrogens is 2.